The van der Waals surface area contributed by atoms with Crippen LogP contribution in [0.3, 0.4) is 0 Å². The first-order valence-electron chi connectivity index (χ1n) is 25.1. The van der Waals surface area contributed by atoms with Crippen molar-refractivity contribution in [3.05, 3.63) is 107 Å². The van der Waals surface area contributed by atoms with E-state index in [9.17, 15) is 58.5 Å². The summed E-state index contributed by atoms with van der Waals surface area (Å²) < 4.78 is 5.67. The molecule has 1 heterocycles. The third kappa shape index (κ3) is 18.7. The monoisotopic (exact) mass is 1040 g/mol. The number of hydrogen-bond acceptors (Lipinski definition) is 13. The van der Waals surface area contributed by atoms with Crippen molar-refractivity contribution in [3.63, 3.8) is 0 Å². The second-order valence-corrected chi connectivity index (χ2v) is 19.0. The van der Waals surface area contributed by atoms with Crippen molar-refractivity contribution in [2.24, 2.45) is 11.7 Å². The van der Waals surface area contributed by atoms with Crippen LogP contribution in [0, 0.1) is 5.92 Å². The van der Waals surface area contributed by atoms with Crippen LogP contribution >= 0.6 is 0 Å². The molecule has 1 aliphatic rings. The first-order chi connectivity index (χ1) is 35.6. The molecule has 0 aromatic heterocycles. The number of unbranched alkanes of at least 4 members (excludes halogenated alkanes) is 2. The summed E-state index contributed by atoms with van der Waals surface area (Å²) in [7, 11) is 1.22. The number of carbonyl (C=O) groups excluding carboxylic acids is 9. The molecule has 8 atom stereocenters. The van der Waals surface area contributed by atoms with Crippen LogP contribution in [0.4, 0.5) is 0 Å². The van der Waals surface area contributed by atoms with E-state index in [1.54, 1.807) is 44.2 Å². The molecule has 3 aromatic rings. The maximum absolute atomic E-state index is 15.0. The van der Waals surface area contributed by atoms with Crippen molar-refractivity contribution in [1.82, 2.24) is 36.8 Å². The molecule has 1 saturated heterocycles. The van der Waals surface area contributed by atoms with Gasteiger partial charge in [-0.05, 0) is 85.9 Å². The third-order valence-electron chi connectivity index (χ3n) is 12.4. The van der Waals surface area contributed by atoms with Crippen LogP contribution in [0.2, 0.25) is 0 Å². The number of aromatic hydroxyl groups is 1. The molecular weight excluding hydrogens is 969 g/mol. The molecule has 21 heteroatoms. The quantitative estimate of drug-likeness (QED) is 0.0512. The van der Waals surface area contributed by atoms with Gasteiger partial charge in [0.1, 0.15) is 47.8 Å². The average Bonchev–Trinajstić information content (AvgIpc) is 3.36. The second kappa shape index (κ2) is 29.3. The summed E-state index contributed by atoms with van der Waals surface area (Å²) in [5, 5.41) is 46.2. The minimum atomic E-state index is -1.92. The Bertz CT molecular complexity index is 2500. The zero-order valence-electron chi connectivity index (χ0n) is 43.3. The van der Waals surface area contributed by atoms with Gasteiger partial charge in [0.2, 0.25) is 35.4 Å². The Hall–Kier alpha value is -7.65. The fourth-order valence-corrected chi connectivity index (χ4v) is 8.24. The minimum absolute atomic E-state index is 0.0111. The summed E-state index contributed by atoms with van der Waals surface area (Å²) in [5.74, 6) is -9.73. The molecule has 8 unspecified atom stereocenters. The smallest absolute Gasteiger partial charge is 0.331 e. The van der Waals surface area contributed by atoms with Crippen LogP contribution < -0.4 is 37.6 Å². The summed E-state index contributed by atoms with van der Waals surface area (Å²) >= 11 is 0. The van der Waals surface area contributed by atoms with Crippen LogP contribution in [0.25, 0.3) is 6.08 Å². The molecule has 0 saturated carbocycles. The number of phenolic OH excluding ortho intramolecular Hbond substituents is 1. The Morgan fingerprint density at radius 3 is 1.95 bits per heavy atom. The van der Waals surface area contributed by atoms with Crippen molar-refractivity contribution >= 4 is 59.3 Å². The summed E-state index contributed by atoms with van der Waals surface area (Å²) in [6.07, 6.45) is 0.863. The number of phenols is 1. The number of nitrogens with zero attached hydrogens (tertiary/aromatic N) is 1. The van der Waals surface area contributed by atoms with Crippen LogP contribution in [-0.2, 0) is 67.2 Å². The largest absolute Gasteiger partial charge is 0.508 e. The topological polar surface area (TPSA) is 325 Å². The predicted molar refractivity (Wildman–Crippen MR) is 276 cm³/mol. The van der Waals surface area contributed by atoms with Gasteiger partial charge < -0.3 is 62.6 Å². The average molecular weight is 1040 g/mol. The van der Waals surface area contributed by atoms with E-state index in [1.807, 2.05) is 24.3 Å². The van der Waals surface area contributed by atoms with Gasteiger partial charge in [0, 0.05) is 19.9 Å². The van der Waals surface area contributed by atoms with Crippen molar-refractivity contribution in [2.45, 2.75) is 141 Å². The highest BCUT2D eigenvalue weighted by Crippen LogP contribution is 2.20. The molecule has 1 aliphatic heterocycles. The number of rotatable bonds is 17. The van der Waals surface area contributed by atoms with Gasteiger partial charge in [-0.25, -0.2) is 4.79 Å². The molecule has 11 N–H and O–H groups in total. The highest BCUT2D eigenvalue weighted by Gasteiger charge is 2.39. The van der Waals surface area contributed by atoms with Gasteiger partial charge in [0.05, 0.1) is 19.1 Å². The summed E-state index contributed by atoms with van der Waals surface area (Å²) in [6, 6.07) is 11.4. The number of cyclic esters (lactones) is 1. The first kappa shape index (κ1) is 59.9. The highest BCUT2D eigenvalue weighted by molar-refractivity contribution is 6.05. The van der Waals surface area contributed by atoms with Gasteiger partial charge >= 0.3 is 5.97 Å². The van der Waals surface area contributed by atoms with Crippen LogP contribution in [0.1, 0.15) is 95.4 Å². The van der Waals surface area contributed by atoms with Gasteiger partial charge in [-0.15, -0.1) is 0 Å². The lowest BCUT2D eigenvalue weighted by atomic mass is 9.98. The Labute approximate surface area is 436 Å². The van der Waals surface area contributed by atoms with Gasteiger partial charge in [-0.1, -0.05) is 100 Å². The lowest BCUT2D eigenvalue weighted by molar-refractivity contribution is -0.158. The number of amides is 8. The minimum Gasteiger partial charge on any atom is -0.508 e. The Kier molecular flexibility index (Phi) is 23.4. The van der Waals surface area contributed by atoms with Crippen LogP contribution in [-0.4, -0.2) is 136 Å². The maximum Gasteiger partial charge on any atom is 0.331 e. The SMILES string of the molecule is CCCCCc1ccccc1CCC(=O)NC1C(=O)N(C)/C(=C\c2ccc(O)cc2)C(=O)NC(CC(C)C)C(=O)NC(Cc2ccccc2)C(=O)NC(C(C)O)C(=O)NC(CC(N)=O)C(=O)NC(CO)C(=O)OC1C. The van der Waals surface area contributed by atoms with Crippen LogP contribution in [0.15, 0.2) is 84.6 Å². The van der Waals surface area contributed by atoms with E-state index in [1.165, 1.54) is 44.3 Å². The third-order valence-corrected chi connectivity index (χ3v) is 12.4. The highest BCUT2D eigenvalue weighted by atomic mass is 16.5. The van der Waals surface area contributed by atoms with Gasteiger partial charge in [0.25, 0.3) is 11.8 Å². The predicted octanol–water partition coefficient (Wildman–Crippen LogP) is 0.948. The Morgan fingerprint density at radius 1 is 0.760 bits per heavy atom. The number of aliphatic hydroxyl groups is 2. The number of nitrogens with one attached hydrogen (secondary N) is 6. The molecule has 0 aliphatic carbocycles. The van der Waals surface area contributed by atoms with E-state index in [0.717, 1.165) is 48.6 Å². The molecule has 3 aromatic carbocycles. The zero-order valence-corrected chi connectivity index (χ0v) is 43.3. The molecule has 406 valence electrons. The van der Waals surface area contributed by atoms with E-state index in [0.29, 0.717) is 11.1 Å². The lowest BCUT2D eigenvalue weighted by Crippen LogP contribution is -2.62. The maximum atomic E-state index is 15.0. The van der Waals surface area contributed by atoms with Crippen molar-refractivity contribution < 1.29 is 63.2 Å². The number of aliphatic hydroxyl groups excluding tert-OH is 2. The second-order valence-electron chi connectivity index (χ2n) is 19.0. The molecule has 0 radical (unpaired) electrons. The normalized spacial score (nSPS) is 22.8. The first-order valence-corrected chi connectivity index (χ1v) is 25.1. The number of carbonyl (C=O) groups is 9. The van der Waals surface area contributed by atoms with E-state index in [4.69, 9.17) is 10.5 Å². The molecule has 75 heavy (non-hydrogen) atoms. The summed E-state index contributed by atoms with van der Waals surface area (Å²) in [5.41, 5.74) is 7.87. The van der Waals surface area contributed by atoms with Crippen molar-refractivity contribution in [3.8, 4) is 5.75 Å². The van der Waals surface area contributed by atoms with Crippen molar-refractivity contribution in [1.29, 1.82) is 0 Å². The number of likely N-dealkylation sites (N-methyl/N-ethyl adjacent to an activating group) is 1. The number of aryl methyl sites for hydroxylation is 2. The summed E-state index contributed by atoms with van der Waals surface area (Å²) in [4.78, 5) is 127. The van der Waals surface area contributed by atoms with E-state index in [-0.39, 0.29) is 37.4 Å². The molecule has 0 spiro atoms. The van der Waals surface area contributed by atoms with Gasteiger partial charge in [-0.3, -0.25) is 38.4 Å². The van der Waals surface area contributed by atoms with E-state index < -0.39 is 120 Å². The number of nitrogens with two attached hydrogens (primary N) is 1. The number of primary amides is 1. The Balaban J connectivity index is 1.87. The number of hydrogen-bond donors (Lipinski definition) is 10. The van der Waals surface area contributed by atoms with Crippen molar-refractivity contribution in [2.75, 3.05) is 13.7 Å². The number of ether oxygens (including phenoxy) is 1. The molecular formula is C54H72N8O13. The fourth-order valence-electron chi connectivity index (χ4n) is 8.24. The van der Waals surface area contributed by atoms with Crippen LogP contribution in [0.5, 0.6) is 5.75 Å². The number of esters is 1. The summed E-state index contributed by atoms with van der Waals surface area (Å²) in [6.45, 7) is 6.94. The van der Waals surface area contributed by atoms with Gasteiger partial charge in [-0.2, -0.15) is 0 Å². The van der Waals surface area contributed by atoms with Gasteiger partial charge in [0.15, 0.2) is 6.04 Å². The molecule has 8 amide bonds. The molecule has 0 bridgehead atoms. The molecule has 1 fully saturated rings. The fraction of sp³-hybridized carbons (Fsp3) is 0.463. The standard InChI is InChI=1S/C54H72N8O13/c1-7-8-10-17-36-18-13-14-19-37(36)22-25-45(67)60-47-33(5)75-54(74)42(30-63)59-49(69)41(29-44(55)66)58-52(72)46(32(4)64)61-50(70)40(27-34-15-11-9-12-16-34)56-48(68)39(26-31(2)3)57-51(71)43(62(6)53(47)73)28-35-20-23-38(65)24-21-35/h9,11-16,18-21,23-24,28,31-33,39-42,46-47,63-65H,7-8,10,17,22,25-27,29-30H2,1-6H3,(H2,55,66)(H,56,68)(H,57,71)(H,58,72)(H,59,69)(H,60,67)(H,61,70)/b43-28-. The van der Waals surface area contributed by atoms with E-state index in [2.05, 4.69) is 38.8 Å². The Morgan fingerprint density at radius 2 is 1.35 bits per heavy atom. The molecule has 4 rings (SSSR count). The molecule has 21 nitrogen and oxygen atoms in total. The number of benzene rings is 3. The lowest BCUT2D eigenvalue weighted by Gasteiger charge is -2.31. The van der Waals surface area contributed by atoms with E-state index >= 15 is 0 Å². The zero-order chi connectivity index (χ0) is 55.4.